The molecule has 15 heavy (non-hydrogen) atoms. The van der Waals surface area contributed by atoms with E-state index in [1.807, 2.05) is 18.2 Å². The Hall–Kier alpha value is -0.725. The molecular weight excluding hydrogens is 270 g/mol. The molecule has 0 spiro atoms. The summed E-state index contributed by atoms with van der Waals surface area (Å²) in [5.74, 6) is 0. The van der Waals surface area contributed by atoms with E-state index in [4.69, 9.17) is 11.6 Å². The fourth-order valence-corrected chi connectivity index (χ4v) is 2.45. The summed E-state index contributed by atoms with van der Waals surface area (Å²) in [5, 5.41) is 0.748. The van der Waals surface area contributed by atoms with Crippen molar-refractivity contribution in [3.8, 4) is 11.1 Å². The van der Waals surface area contributed by atoms with Gasteiger partial charge in [-0.15, -0.1) is 0 Å². The average Bonchev–Trinajstić information content (AvgIpc) is 2.17. The van der Waals surface area contributed by atoms with Crippen molar-refractivity contribution in [1.82, 2.24) is 0 Å². The molecule has 2 aromatic carbocycles. The van der Waals surface area contributed by atoms with E-state index >= 15 is 0 Å². The van der Waals surface area contributed by atoms with Crippen LogP contribution in [0.15, 0.2) is 46.9 Å². The smallest absolute Gasteiger partial charge is 0.0884 e. The van der Waals surface area contributed by atoms with Crippen molar-refractivity contribution in [2.45, 2.75) is 0 Å². The van der Waals surface area contributed by atoms with Gasteiger partial charge in [0.05, 0.1) is 0 Å². The largest absolute Gasteiger partial charge is 0.139 e. The predicted molar refractivity (Wildman–Crippen MR) is 72.8 cm³/mol. The van der Waals surface area contributed by atoms with Crippen molar-refractivity contribution in [3.05, 3.63) is 52.0 Å². The van der Waals surface area contributed by atoms with Gasteiger partial charge in [-0.05, 0) is 23.3 Å². The van der Waals surface area contributed by atoms with Gasteiger partial charge in [-0.25, -0.2) is 0 Å². The van der Waals surface area contributed by atoms with Crippen LogP contribution in [0.25, 0.3) is 11.1 Å². The molecule has 3 heteroatoms. The number of halogens is 2. The van der Waals surface area contributed by atoms with Crippen LogP contribution in [-0.2, 0) is 0 Å². The van der Waals surface area contributed by atoms with Crippen molar-refractivity contribution in [3.63, 3.8) is 0 Å². The van der Waals surface area contributed by atoms with E-state index in [-0.39, 0.29) is 0 Å². The van der Waals surface area contributed by atoms with Crippen molar-refractivity contribution in [1.29, 1.82) is 0 Å². The van der Waals surface area contributed by atoms with Gasteiger partial charge in [-0.1, -0.05) is 63.3 Å². The third kappa shape index (κ3) is 2.44. The maximum Gasteiger partial charge on any atom is 0.139 e. The lowest BCUT2D eigenvalue weighted by atomic mass is 9.92. The van der Waals surface area contributed by atoms with Gasteiger partial charge < -0.3 is 0 Å². The molecule has 0 saturated carbocycles. The average molecular weight is 279 g/mol. The summed E-state index contributed by atoms with van der Waals surface area (Å²) in [4.78, 5) is 0. The van der Waals surface area contributed by atoms with Crippen LogP contribution in [0.5, 0.6) is 0 Å². The SMILES string of the molecule is Bc1cccc(-c2ccc(Cl)cc2Br)c1. The molecule has 74 valence electrons. The van der Waals surface area contributed by atoms with Gasteiger partial charge in [-0.3, -0.25) is 0 Å². The quantitative estimate of drug-likeness (QED) is 0.704. The van der Waals surface area contributed by atoms with Gasteiger partial charge in [0, 0.05) is 9.50 Å². The third-order valence-electron chi connectivity index (χ3n) is 2.26. The summed E-state index contributed by atoms with van der Waals surface area (Å²) in [7, 11) is 2.09. The minimum atomic E-state index is 0.748. The Balaban J connectivity index is 2.54. The first-order valence-corrected chi connectivity index (χ1v) is 5.86. The van der Waals surface area contributed by atoms with Crippen LogP contribution in [0, 0.1) is 0 Å². The second-order valence-corrected chi connectivity index (χ2v) is 4.78. The maximum absolute atomic E-state index is 5.91. The standard InChI is InChI=1S/C12H9BBrCl/c13-9-3-1-2-8(6-9)11-5-4-10(15)7-12(11)14/h1-7H,13H2. The van der Waals surface area contributed by atoms with Gasteiger partial charge in [0.15, 0.2) is 0 Å². The molecule has 0 atom stereocenters. The predicted octanol–water partition coefficient (Wildman–Crippen LogP) is 3.03. The minimum Gasteiger partial charge on any atom is -0.0884 e. The van der Waals surface area contributed by atoms with Crippen LogP contribution in [0.1, 0.15) is 0 Å². The fraction of sp³-hybridized carbons (Fsp3) is 0. The maximum atomic E-state index is 5.91. The van der Waals surface area contributed by atoms with Crippen molar-refractivity contribution in [2.75, 3.05) is 0 Å². The minimum absolute atomic E-state index is 0.748. The molecule has 2 aromatic rings. The molecule has 0 aliphatic heterocycles. The zero-order valence-electron chi connectivity index (χ0n) is 8.30. The molecule has 0 amide bonds. The Morgan fingerprint density at radius 1 is 1.07 bits per heavy atom. The summed E-state index contributed by atoms with van der Waals surface area (Å²) < 4.78 is 1.03. The molecule has 0 radical (unpaired) electrons. The van der Waals surface area contributed by atoms with Crippen molar-refractivity contribution in [2.24, 2.45) is 0 Å². The molecule has 0 bridgehead atoms. The van der Waals surface area contributed by atoms with E-state index in [9.17, 15) is 0 Å². The highest BCUT2D eigenvalue weighted by molar-refractivity contribution is 9.10. The third-order valence-corrected chi connectivity index (χ3v) is 3.15. The Labute approximate surface area is 104 Å². The first kappa shape index (κ1) is 10.8. The molecule has 0 N–H and O–H groups in total. The first-order valence-electron chi connectivity index (χ1n) is 4.69. The Morgan fingerprint density at radius 2 is 1.87 bits per heavy atom. The van der Waals surface area contributed by atoms with E-state index in [1.165, 1.54) is 16.6 Å². The lowest BCUT2D eigenvalue weighted by Gasteiger charge is -2.06. The van der Waals surface area contributed by atoms with E-state index in [0.29, 0.717) is 0 Å². The summed E-state index contributed by atoms with van der Waals surface area (Å²) in [6, 6.07) is 14.3. The lowest BCUT2D eigenvalue weighted by Crippen LogP contribution is -2.00. The van der Waals surface area contributed by atoms with Crippen molar-refractivity contribution < 1.29 is 0 Å². The number of hydrogen-bond acceptors (Lipinski definition) is 0. The molecule has 0 nitrogen and oxygen atoms in total. The summed E-state index contributed by atoms with van der Waals surface area (Å²) in [5.41, 5.74) is 3.64. The zero-order valence-corrected chi connectivity index (χ0v) is 10.6. The molecule has 0 aliphatic rings. The van der Waals surface area contributed by atoms with Gasteiger partial charge >= 0.3 is 0 Å². The monoisotopic (exact) mass is 278 g/mol. The second-order valence-electron chi connectivity index (χ2n) is 3.49. The lowest BCUT2D eigenvalue weighted by molar-refractivity contribution is 1.60. The summed E-state index contributed by atoms with van der Waals surface area (Å²) in [6.45, 7) is 0. The van der Waals surface area contributed by atoms with Gasteiger partial charge in [0.2, 0.25) is 0 Å². The van der Waals surface area contributed by atoms with Gasteiger partial charge in [0.25, 0.3) is 0 Å². The van der Waals surface area contributed by atoms with E-state index < -0.39 is 0 Å². The molecule has 0 aromatic heterocycles. The molecule has 0 unspecified atom stereocenters. The summed E-state index contributed by atoms with van der Waals surface area (Å²) in [6.07, 6.45) is 0. The van der Waals surface area contributed by atoms with Gasteiger partial charge in [-0.2, -0.15) is 0 Å². The van der Waals surface area contributed by atoms with Crippen LogP contribution >= 0.6 is 27.5 Å². The van der Waals surface area contributed by atoms with Crippen LogP contribution < -0.4 is 5.46 Å². The van der Waals surface area contributed by atoms with E-state index in [0.717, 1.165) is 9.50 Å². The van der Waals surface area contributed by atoms with Crippen LogP contribution in [0.3, 0.4) is 0 Å². The molecule has 2 rings (SSSR count). The fourth-order valence-electron chi connectivity index (χ4n) is 1.54. The van der Waals surface area contributed by atoms with Crippen LogP contribution in [0.2, 0.25) is 5.02 Å². The molecule has 0 saturated heterocycles. The molecular formula is C12H9BBrCl. The van der Waals surface area contributed by atoms with E-state index in [2.05, 4.69) is 48.0 Å². The number of rotatable bonds is 1. The van der Waals surface area contributed by atoms with E-state index in [1.54, 1.807) is 0 Å². The molecule has 0 heterocycles. The highest BCUT2D eigenvalue weighted by Gasteiger charge is 2.03. The normalized spacial score (nSPS) is 10.3. The van der Waals surface area contributed by atoms with Crippen molar-refractivity contribution >= 4 is 40.8 Å². The van der Waals surface area contributed by atoms with Gasteiger partial charge in [0.1, 0.15) is 7.85 Å². The Bertz CT molecular complexity index is 497. The summed E-state index contributed by atoms with van der Waals surface area (Å²) >= 11 is 9.43. The highest BCUT2D eigenvalue weighted by Crippen LogP contribution is 2.29. The number of benzene rings is 2. The zero-order chi connectivity index (χ0) is 10.8. The number of hydrogen-bond donors (Lipinski definition) is 0. The van der Waals surface area contributed by atoms with Crippen LogP contribution in [-0.4, -0.2) is 7.85 Å². The first-order chi connectivity index (χ1) is 7.16. The Kier molecular flexibility index (Phi) is 3.18. The topological polar surface area (TPSA) is 0 Å². The second kappa shape index (κ2) is 4.42. The molecule has 0 aliphatic carbocycles. The molecule has 0 fully saturated rings. The highest BCUT2D eigenvalue weighted by atomic mass is 79.9. The van der Waals surface area contributed by atoms with Crippen LogP contribution in [0.4, 0.5) is 0 Å². The Morgan fingerprint density at radius 3 is 2.53 bits per heavy atom.